The lowest BCUT2D eigenvalue weighted by Crippen LogP contribution is -3.26. The Hall–Kier alpha value is -0.620. The van der Waals surface area contributed by atoms with Crippen molar-refractivity contribution in [1.29, 1.82) is 0 Å². The summed E-state index contributed by atoms with van der Waals surface area (Å²) in [5.74, 6) is 0.181. The molecule has 0 saturated carbocycles. The first-order valence-corrected chi connectivity index (χ1v) is 8.20. The smallest absolute Gasteiger partial charge is 0.349 e. The van der Waals surface area contributed by atoms with Gasteiger partial charge in [0.2, 0.25) is 0 Å². The fourth-order valence-corrected chi connectivity index (χ4v) is 4.70. The number of phenolic OH excluding ortho intramolecular Hbond substituents is 2. The van der Waals surface area contributed by atoms with Crippen molar-refractivity contribution in [2.75, 3.05) is 6.26 Å². The van der Waals surface area contributed by atoms with Crippen molar-refractivity contribution < 1.29 is 20.8 Å². The van der Waals surface area contributed by atoms with E-state index in [-0.39, 0.29) is 22.6 Å². The van der Waals surface area contributed by atoms with Gasteiger partial charge in [-0.1, -0.05) is 0 Å². The second kappa shape index (κ2) is 4.98. The average Bonchev–Trinajstić information content (AvgIpc) is 2.25. The summed E-state index contributed by atoms with van der Waals surface area (Å²) in [6.45, 7) is 6.40. The van der Waals surface area contributed by atoms with E-state index in [2.05, 4.69) is 31.4 Å². The molecule has 6 heteroatoms. The fraction of sp³-hybridized carbons (Fsp3) is 0.571. The summed E-state index contributed by atoms with van der Waals surface area (Å²) >= 11 is 8.26. The zero-order chi connectivity index (χ0) is 15.2. The molecule has 1 aliphatic heterocycles. The van der Waals surface area contributed by atoms with E-state index in [1.54, 1.807) is 23.9 Å². The Morgan fingerprint density at radius 3 is 2.40 bits per heavy atom. The van der Waals surface area contributed by atoms with E-state index in [1.807, 2.05) is 6.26 Å². The molecule has 0 radical (unpaired) electrons. The molecule has 0 spiro atoms. The van der Waals surface area contributed by atoms with E-state index in [0.29, 0.717) is 0 Å². The SMILES string of the molecule is CS[C@]1(Cl)[NH2+]C(C)(C)C[C@](C)(c2ccc(O)cc2O)[NH2+]1. The number of hydrogen-bond donors (Lipinski definition) is 4. The van der Waals surface area contributed by atoms with E-state index in [0.717, 1.165) is 12.0 Å². The number of alkyl halides is 1. The molecule has 2 rings (SSSR count). The highest BCUT2D eigenvalue weighted by atomic mass is 35.5. The lowest BCUT2D eigenvalue weighted by atomic mass is 9.78. The topological polar surface area (TPSA) is 73.7 Å². The molecule has 2 atom stereocenters. The number of rotatable bonds is 2. The molecule has 20 heavy (non-hydrogen) atoms. The van der Waals surface area contributed by atoms with Crippen LogP contribution in [0.4, 0.5) is 0 Å². The number of benzene rings is 1. The first kappa shape index (κ1) is 15.8. The third-order valence-corrected chi connectivity index (χ3v) is 5.38. The van der Waals surface area contributed by atoms with Crippen LogP contribution >= 0.6 is 23.4 Å². The van der Waals surface area contributed by atoms with Crippen LogP contribution in [-0.2, 0) is 5.54 Å². The van der Waals surface area contributed by atoms with Crippen LogP contribution in [-0.4, -0.2) is 26.5 Å². The monoisotopic (exact) mass is 318 g/mol. The Morgan fingerprint density at radius 1 is 1.20 bits per heavy atom. The second-order valence-corrected chi connectivity index (χ2v) is 8.41. The number of hydrogen-bond acceptors (Lipinski definition) is 3. The minimum absolute atomic E-state index is 0.0431. The summed E-state index contributed by atoms with van der Waals surface area (Å²) in [5.41, 5.74) is 0.412. The van der Waals surface area contributed by atoms with Gasteiger partial charge in [-0.15, -0.1) is 0 Å². The van der Waals surface area contributed by atoms with E-state index < -0.39 is 4.45 Å². The highest BCUT2D eigenvalue weighted by Crippen LogP contribution is 2.36. The zero-order valence-corrected chi connectivity index (χ0v) is 13.8. The van der Waals surface area contributed by atoms with Gasteiger partial charge in [-0.3, -0.25) is 10.6 Å². The summed E-state index contributed by atoms with van der Waals surface area (Å²) in [6.07, 6.45) is 2.84. The number of halogens is 1. The molecular formula is C14H23ClN2O2S+2. The maximum atomic E-state index is 10.2. The molecule has 112 valence electrons. The Morgan fingerprint density at radius 2 is 1.85 bits per heavy atom. The Bertz CT molecular complexity index is 526. The van der Waals surface area contributed by atoms with Gasteiger partial charge < -0.3 is 10.2 Å². The molecule has 6 N–H and O–H groups in total. The summed E-state index contributed by atoms with van der Waals surface area (Å²) in [5, 5.41) is 23.9. The maximum Gasteiger partial charge on any atom is 0.349 e. The van der Waals surface area contributed by atoms with Crippen LogP contribution in [0.15, 0.2) is 18.2 Å². The fourth-order valence-electron chi connectivity index (χ4n) is 3.35. The first-order chi connectivity index (χ1) is 9.09. The molecule has 1 aliphatic rings. The predicted octanol–water partition coefficient (Wildman–Crippen LogP) is 0.835. The molecule has 1 fully saturated rings. The normalized spacial score (nSPS) is 33.0. The average molecular weight is 319 g/mol. The Kier molecular flexibility index (Phi) is 3.93. The third kappa shape index (κ3) is 3.01. The molecule has 1 aromatic rings. The van der Waals surface area contributed by atoms with Crippen LogP contribution in [0.3, 0.4) is 0 Å². The summed E-state index contributed by atoms with van der Waals surface area (Å²) in [6, 6.07) is 4.77. The van der Waals surface area contributed by atoms with E-state index in [1.165, 1.54) is 6.07 Å². The van der Waals surface area contributed by atoms with Crippen LogP contribution in [0.1, 0.15) is 32.8 Å². The zero-order valence-electron chi connectivity index (χ0n) is 12.3. The third-order valence-electron chi connectivity index (χ3n) is 3.84. The van der Waals surface area contributed by atoms with Crippen molar-refractivity contribution in [3.63, 3.8) is 0 Å². The van der Waals surface area contributed by atoms with Crippen molar-refractivity contribution in [1.82, 2.24) is 0 Å². The van der Waals surface area contributed by atoms with Gasteiger partial charge in [-0.05, 0) is 50.9 Å². The van der Waals surface area contributed by atoms with Gasteiger partial charge in [0.25, 0.3) is 0 Å². The van der Waals surface area contributed by atoms with Gasteiger partial charge in [0.05, 0.1) is 12.0 Å². The number of nitrogens with two attached hydrogens (primary N) is 2. The van der Waals surface area contributed by atoms with E-state index in [9.17, 15) is 10.2 Å². The van der Waals surface area contributed by atoms with Crippen molar-refractivity contribution in [3.8, 4) is 11.5 Å². The Labute approximate surface area is 128 Å². The quantitative estimate of drug-likeness (QED) is 0.482. The number of aromatic hydroxyl groups is 2. The molecule has 0 aromatic heterocycles. The van der Waals surface area contributed by atoms with Crippen molar-refractivity contribution in [2.24, 2.45) is 0 Å². The van der Waals surface area contributed by atoms with Crippen molar-refractivity contribution in [2.45, 2.75) is 42.7 Å². The summed E-state index contributed by atoms with van der Waals surface area (Å²) in [4.78, 5) is 0. The second-order valence-electron chi connectivity index (χ2n) is 6.47. The van der Waals surface area contributed by atoms with Gasteiger partial charge >= 0.3 is 4.45 Å². The number of quaternary nitrogens is 2. The van der Waals surface area contributed by atoms with E-state index >= 15 is 0 Å². The number of phenols is 2. The van der Waals surface area contributed by atoms with Crippen molar-refractivity contribution in [3.05, 3.63) is 23.8 Å². The first-order valence-electron chi connectivity index (χ1n) is 6.60. The largest absolute Gasteiger partial charge is 0.508 e. The molecular weight excluding hydrogens is 296 g/mol. The van der Waals surface area contributed by atoms with Gasteiger partial charge in [0.1, 0.15) is 22.6 Å². The van der Waals surface area contributed by atoms with Crippen LogP contribution in [0.25, 0.3) is 0 Å². The summed E-state index contributed by atoms with van der Waals surface area (Å²) < 4.78 is -0.555. The molecule has 4 nitrogen and oxygen atoms in total. The van der Waals surface area contributed by atoms with Crippen molar-refractivity contribution >= 4 is 23.4 Å². The molecule has 0 aliphatic carbocycles. The molecule has 1 saturated heterocycles. The Balaban J connectivity index is 2.46. The van der Waals surface area contributed by atoms with Crippen LogP contribution in [0.5, 0.6) is 11.5 Å². The van der Waals surface area contributed by atoms with Crippen LogP contribution < -0.4 is 10.6 Å². The molecule has 0 unspecified atom stereocenters. The lowest BCUT2D eigenvalue weighted by molar-refractivity contribution is -0.978. The highest BCUT2D eigenvalue weighted by molar-refractivity contribution is 8.00. The van der Waals surface area contributed by atoms with Gasteiger partial charge in [0.15, 0.2) is 0 Å². The van der Waals surface area contributed by atoms with Crippen LogP contribution in [0.2, 0.25) is 0 Å². The minimum atomic E-state index is -0.555. The standard InChI is InChI=1S/C14H21ClN2O2S/c1-12(2)8-13(3,17-14(15,16-12)20-4)10-6-5-9(18)7-11(10)19/h5-7,16-19H,8H2,1-4H3/p+2/t13-,14-/m1/s1. The van der Waals surface area contributed by atoms with E-state index in [4.69, 9.17) is 11.6 Å². The maximum absolute atomic E-state index is 10.2. The van der Waals surface area contributed by atoms with Crippen LogP contribution in [0, 0.1) is 0 Å². The van der Waals surface area contributed by atoms with Gasteiger partial charge in [-0.2, -0.15) is 0 Å². The number of thioether (sulfide) groups is 1. The molecule has 1 aromatic carbocycles. The molecule has 1 heterocycles. The minimum Gasteiger partial charge on any atom is -0.508 e. The highest BCUT2D eigenvalue weighted by Gasteiger charge is 2.56. The van der Waals surface area contributed by atoms with Gasteiger partial charge in [0, 0.05) is 17.7 Å². The molecule has 0 bridgehead atoms. The lowest BCUT2D eigenvalue weighted by Gasteiger charge is -2.45. The summed E-state index contributed by atoms with van der Waals surface area (Å²) in [7, 11) is 0. The molecule has 0 amide bonds. The predicted molar refractivity (Wildman–Crippen MR) is 81.8 cm³/mol. The van der Waals surface area contributed by atoms with Gasteiger partial charge in [-0.25, -0.2) is 0 Å².